The van der Waals surface area contributed by atoms with Crippen molar-refractivity contribution in [3.63, 3.8) is 0 Å². The molecule has 2 rings (SSSR count). The molecule has 3 N–H and O–H groups in total. The summed E-state index contributed by atoms with van der Waals surface area (Å²) >= 11 is 1.17. The number of amidine groups is 1. The van der Waals surface area contributed by atoms with Crippen LogP contribution < -0.4 is 5.73 Å². The molecule has 1 aliphatic heterocycles. The van der Waals surface area contributed by atoms with E-state index in [9.17, 15) is 8.78 Å². The molecule has 0 unspecified atom stereocenters. The fourth-order valence-corrected chi connectivity index (χ4v) is 2.94. The minimum absolute atomic E-state index is 0.0221. The van der Waals surface area contributed by atoms with E-state index in [0.29, 0.717) is 13.2 Å². The summed E-state index contributed by atoms with van der Waals surface area (Å²) in [6, 6.07) is 2.14. The second-order valence-corrected chi connectivity index (χ2v) is 5.49. The van der Waals surface area contributed by atoms with Crippen LogP contribution in [0.1, 0.15) is 18.4 Å². The molecular weight excluding hydrogens is 274 g/mol. The smallest absolute Gasteiger partial charge is 0.170 e. The van der Waals surface area contributed by atoms with E-state index in [2.05, 4.69) is 5.16 Å². The summed E-state index contributed by atoms with van der Waals surface area (Å²) in [5.41, 5.74) is 5.33. The van der Waals surface area contributed by atoms with Gasteiger partial charge in [-0.2, -0.15) is 0 Å². The number of ether oxygens (including phenoxy) is 1. The van der Waals surface area contributed by atoms with Gasteiger partial charge in [-0.1, -0.05) is 5.16 Å². The van der Waals surface area contributed by atoms with Gasteiger partial charge in [0.2, 0.25) is 0 Å². The third-order valence-corrected chi connectivity index (χ3v) is 4.29. The number of rotatable bonds is 3. The van der Waals surface area contributed by atoms with E-state index >= 15 is 0 Å². The van der Waals surface area contributed by atoms with Crippen molar-refractivity contribution >= 4 is 17.6 Å². The highest BCUT2D eigenvalue weighted by atomic mass is 32.2. The van der Waals surface area contributed by atoms with Crippen LogP contribution in [0.2, 0.25) is 0 Å². The number of hydrogen-bond donors (Lipinski definition) is 2. The standard InChI is InChI=1S/C12H14F2N2O2S/c13-9-5-7(12(15)16-17)6-10(14)11(9)19-8-1-3-18-4-2-8/h5-6,8,17H,1-4H2,(H2,15,16). The number of nitrogens with two attached hydrogens (primary N) is 1. The van der Waals surface area contributed by atoms with Gasteiger partial charge >= 0.3 is 0 Å². The third kappa shape index (κ3) is 3.36. The van der Waals surface area contributed by atoms with Gasteiger partial charge in [-0.3, -0.25) is 0 Å². The first-order chi connectivity index (χ1) is 9.11. The van der Waals surface area contributed by atoms with Gasteiger partial charge in [-0.05, 0) is 25.0 Å². The number of oxime groups is 1. The van der Waals surface area contributed by atoms with E-state index in [-0.39, 0.29) is 21.5 Å². The van der Waals surface area contributed by atoms with Crippen LogP contribution in [0.5, 0.6) is 0 Å². The maximum absolute atomic E-state index is 13.9. The molecule has 0 spiro atoms. The minimum atomic E-state index is -0.696. The molecule has 4 nitrogen and oxygen atoms in total. The maximum atomic E-state index is 13.9. The van der Waals surface area contributed by atoms with Gasteiger partial charge in [-0.15, -0.1) is 11.8 Å². The van der Waals surface area contributed by atoms with Crippen molar-refractivity contribution in [3.05, 3.63) is 29.3 Å². The Hall–Kier alpha value is -1.34. The molecule has 0 saturated carbocycles. The van der Waals surface area contributed by atoms with Crippen molar-refractivity contribution in [3.8, 4) is 0 Å². The Morgan fingerprint density at radius 2 is 1.89 bits per heavy atom. The zero-order valence-corrected chi connectivity index (χ0v) is 10.9. The normalized spacial score (nSPS) is 17.7. The van der Waals surface area contributed by atoms with E-state index in [4.69, 9.17) is 15.7 Å². The summed E-state index contributed by atoms with van der Waals surface area (Å²) in [5, 5.41) is 11.4. The molecule has 0 amide bonds. The lowest BCUT2D eigenvalue weighted by molar-refractivity contribution is 0.1000. The van der Waals surface area contributed by atoms with Gasteiger partial charge in [0.15, 0.2) is 5.84 Å². The molecule has 19 heavy (non-hydrogen) atoms. The maximum Gasteiger partial charge on any atom is 0.170 e. The first-order valence-corrected chi connectivity index (χ1v) is 6.71. The summed E-state index contributed by atoms with van der Waals surface area (Å²) in [5.74, 6) is -1.71. The Morgan fingerprint density at radius 1 is 1.32 bits per heavy atom. The van der Waals surface area contributed by atoms with Gasteiger partial charge in [0.05, 0.1) is 4.90 Å². The van der Waals surface area contributed by atoms with Crippen LogP contribution in [0.25, 0.3) is 0 Å². The Morgan fingerprint density at radius 3 is 2.42 bits per heavy atom. The summed E-state index contributed by atoms with van der Waals surface area (Å²) in [4.78, 5) is -0.0265. The van der Waals surface area contributed by atoms with Gasteiger partial charge in [0.25, 0.3) is 0 Å². The molecule has 0 bridgehead atoms. The van der Waals surface area contributed by atoms with Crippen LogP contribution in [0.15, 0.2) is 22.2 Å². The lowest BCUT2D eigenvalue weighted by atomic mass is 10.2. The van der Waals surface area contributed by atoms with E-state index < -0.39 is 11.6 Å². The van der Waals surface area contributed by atoms with Gasteiger partial charge < -0.3 is 15.7 Å². The Bertz CT molecular complexity index is 468. The molecule has 1 fully saturated rings. The molecule has 0 radical (unpaired) electrons. The van der Waals surface area contributed by atoms with Crippen LogP contribution in [-0.4, -0.2) is 29.5 Å². The van der Waals surface area contributed by atoms with Crippen molar-refractivity contribution in [1.82, 2.24) is 0 Å². The average Bonchev–Trinajstić information content (AvgIpc) is 2.43. The van der Waals surface area contributed by atoms with E-state index in [1.165, 1.54) is 11.8 Å². The number of benzene rings is 1. The van der Waals surface area contributed by atoms with Crippen molar-refractivity contribution in [1.29, 1.82) is 0 Å². The summed E-state index contributed by atoms with van der Waals surface area (Å²) in [6.45, 7) is 1.23. The zero-order valence-electron chi connectivity index (χ0n) is 10.1. The van der Waals surface area contributed by atoms with Gasteiger partial charge in [-0.25, -0.2) is 8.78 Å². The topological polar surface area (TPSA) is 67.8 Å². The fourth-order valence-electron chi connectivity index (χ4n) is 1.84. The third-order valence-electron chi connectivity index (χ3n) is 2.85. The summed E-state index contributed by atoms with van der Waals surface area (Å²) in [7, 11) is 0. The number of thioether (sulfide) groups is 1. The molecule has 104 valence electrons. The highest BCUT2D eigenvalue weighted by Gasteiger charge is 2.20. The molecule has 7 heteroatoms. The average molecular weight is 288 g/mol. The van der Waals surface area contributed by atoms with E-state index in [0.717, 1.165) is 25.0 Å². The van der Waals surface area contributed by atoms with Crippen molar-refractivity contribution in [2.75, 3.05) is 13.2 Å². The van der Waals surface area contributed by atoms with Gasteiger partial charge in [0.1, 0.15) is 11.6 Å². The second kappa shape index (κ2) is 6.21. The summed E-state index contributed by atoms with van der Waals surface area (Å²) < 4.78 is 33.0. The second-order valence-electron chi connectivity index (χ2n) is 4.18. The fraction of sp³-hybridized carbons (Fsp3) is 0.417. The van der Waals surface area contributed by atoms with Crippen LogP contribution in [0, 0.1) is 11.6 Å². The Balaban J connectivity index is 2.21. The molecular formula is C12H14F2N2O2S. The zero-order chi connectivity index (χ0) is 13.8. The molecule has 0 aliphatic carbocycles. The number of nitrogens with zero attached hydrogens (tertiary/aromatic N) is 1. The molecule has 0 aromatic heterocycles. The predicted molar refractivity (Wildman–Crippen MR) is 68.6 cm³/mol. The minimum Gasteiger partial charge on any atom is -0.409 e. The van der Waals surface area contributed by atoms with Crippen molar-refractivity contribution < 1.29 is 18.7 Å². The molecule has 1 aromatic rings. The predicted octanol–water partition coefficient (Wildman–Crippen LogP) is 2.33. The first kappa shape index (κ1) is 14.1. The van der Waals surface area contributed by atoms with Crippen LogP contribution in [0.3, 0.4) is 0 Å². The van der Waals surface area contributed by atoms with E-state index in [1.807, 2.05) is 0 Å². The SMILES string of the molecule is N/C(=N/O)c1cc(F)c(SC2CCOCC2)c(F)c1. The molecule has 1 aromatic carbocycles. The Labute approximate surface area is 113 Å². The monoisotopic (exact) mass is 288 g/mol. The quantitative estimate of drug-likeness (QED) is 0.388. The lowest BCUT2D eigenvalue weighted by Gasteiger charge is -2.21. The Kier molecular flexibility index (Phi) is 4.60. The van der Waals surface area contributed by atoms with Crippen molar-refractivity contribution in [2.24, 2.45) is 10.9 Å². The van der Waals surface area contributed by atoms with Crippen LogP contribution >= 0.6 is 11.8 Å². The van der Waals surface area contributed by atoms with Crippen LogP contribution in [0.4, 0.5) is 8.78 Å². The first-order valence-electron chi connectivity index (χ1n) is 5.83. The van der Waals surface area contributed by atoms with E-state index in [1.54, 1.807) is 0 Å². The van der Waals surface area contributed by atoms with Crippen molar-refractivity contribution in [2.45, 2.75) is 23.0 Å². The highest BCUT2D eigenvalue weighted by Crippen LogP contribution is 2.33. The highest BCUT2D eigenvalue weighted by molar-refractivity contribution is 8.00. The molecule has 1 heterocycles. The molecule has 1 aliphatic rings. The van der Waals surface area contributed by atoms with Crippen LogP contribution in [-0.2, 0) is 4.74 Å². The molecule has 1 saturated heterocycles. The largest absolute Gasteiger partial charge is 0.409 e. The lowest BCUT2D eigenvalue weighted by Crippen LogP contribution is -2.18. The number of halogens is 2. The molecule has 0 atom stereocenters. The number of hydrogen-bond acceptors (Lipinski definition) is 4. The van der Waals surface area contributed by atoms with Gasteiger partial charge in [0, 0.05) is 24.0 Å². The summed E-state index contributed by atoms with van der Waals surface area (Å²) in [6.07, 6.45) is 1.54.